The average molecular weight is 184 g/mol. The highest BCUT2D eigenvalue weighted by atomic mass is 35.5. The molecule has 0 fully saturated rings. The van der Waals surface area contributed by atoms with Crippen molar-refractivity contribution in [3.8, 4) is 0 Å². The van der Waals surface area contributed by atoms with Crippen LogP contribution in [0.1, 0.15) is 5.56 Å². The van der Waals surface area contributed by atoms with Crippen LogP contribution in [-0.4, -0.2) is 10.4 Å². The van der Waals surface area contributed by atoms with E-state index in [1.54, 1.807) is 0 Å². The zero-order valence-corrected chi connectivity index (χ0v) is 7.25. The maximum Gasteiger partial charge on any atom is 0.203 e. The predicted octanol–water partition coefficient (Wildman–Crippen LogP) is 1.54. The van der Waals surface area contributed by atoms with Gasteiger partial charge in [0.2, 0.25) is 5.96 Å². The first-order valence-electron chi connectivity index (χ1n) is 3.51. The van der Waals surface area contributed by atoms with Gasteiger partial charge in [0, 0.05) is 11.8 Å². The Morgan fingerprint density at radius 3 is 2.50 bits per heavy atom. The molecule has 12 heavy (non-hydrogen) atoms. The van der Waals surface area contributed by atoms with Crippen LogP contribution in [0, 0.1) is 5.41 Å². The van der Waals surface area contributed by atoms with Crippen molar-refractivity contribution in [2.75, 3.05) is 0 Å². The summed E-state index contributed by atoms with van der Waals surface area (Å²) in [7, 11) is 0. The molecule has 64 valence electrons. The zero-order chi connectivity index (χ0) is 8.97. The van der Waals surface area contributed by atoms with E-state index in [1.807, 2.05) is 30.3 Å². The van der Waals surface area contributed by atoms with Crippen LogP contribution in [0.2, 0.25) is 0 Å². The van der Waals surface area contributed by atoms with Crippen molar-refractivity contribution in [3.63, 3.8) is 0 Å². The van der Waals surface area contributed by atoms with Crippen LogP contribution in [0.15, 0.2) is 30.3 Å². The number of nitrogens with zero attached hydrogens (tertiary/aromatic N) is 1. The Balaban J connectivity index is 2.58. The first-order valence-corrected chi connectivity index (χ1v) is 3.85. The van der Waals surface area contributed by atoms with E-state index in [1.165, 1.54) is 0 Å². The predicted molar refractivity (Wildman–Crippen MR) is 49.8 cm³/mol. The minimum absolute atomic E-state index is 0.138. The van der Waals surface area contributed by atoms with Gasteiger partial charge in [0.1, 0.15) is 0 Å². The number of halogens is 1. The Morgan fingerprint density at radius 2 is 2.00 bits per heavy atom. The summed E-state index contributed by atoms with van der Waals surface area (Å²) in [5.74, 6) is -0.138. The fraction of sp³-hybridized carbons (Fsp3) is 0.125. The molecule has 0 aromatic heterocycles. The van der Waals surface area contributed by atoms with Crippen molar-refractivity contribution in [2.45, 2.75) is 6.54 Å². The van der Waals surface area contributed by atoms with Gasteiger partial charge in [-0.15, -0.1) is 0 Å². The van der Waals surface area contributed by atoms with E-state index in [2.05, 4.69) is 0 Å². The number of hydrogen-bond acceptors (Lipinski definition) is 1. The van der Waals surface area contributed by atoms with Gasteiger partial charge in [-0.2, -0.15) is 0 Å². The second-order valence-electron chi connectivity index (χ2n) is 2.39. The van der Waals surface area contributed by atoms with Gasteiger partial charge in [0.25, 0.3) is 0 Å². The molecule has 0 aliphatic heterocycles. The lowest BCUT2D eigenvalue weighted by molar-refractivity contribution is 0.640. The summed E-state index contributed by atoms with van der Waals surface area (Å²) in [5, 5.41) is 7.02. The molecule has 1 rings (SSSR count). The van der Waals surface area contributed by atoms with Gasteiger partial charge < -0.3 is 5.73 Å². The minimum atomic E-state index is -0.138. The van der Waals surface area contributed by atoms with E-state index in [4.69, 9.17) is 22.9 Å². The number of nitrogens with two attached hydrogens (primary N) is 1. The summed E-state index contributed by atoms with van der Waals surface area (Å²) in [4.78, 5) is 0. The topological polar surface area (TPSA) is 53.1 Å². The van der Waals surface area contributed by atoms with E-state index in [0.717, 1.165) is 9.98 Å². The smallest absolute Gasteiger partial charge is 0.203 e. The van der Waals surface area contributed by atoms with E-state index in [-0.39, 0.29) is 5.96 Å². The highest BCUT2D eigenvalue weighted by molar-refractivity contribution is 6.21. The van der Waals surface area contributed by atoms with Gasteiger partial charge in [-0.1, -0.05) is 30.3 Å². The molecule has 1 aromatic carbocycles. The van der Waals surface area contributed by atoms with Crippen LogP contribution in [-0.2, 0) is 6.54 Å². The largest absolute Gasteiger partial charge is 0.369 e. The zero-order valence-electron chi connectivity index (χ0n) is 6.50. The lowest BCUT2D eigenvalue weighted by Crippen LogP contribution is -2.27. The highest BCUT2D eigenvalue weighted by Gasteiger charge is 2.01. The lowest BCUT2D eigenvalue weighted by atomic mass is 10.2. The van der Waals surface area contributed by atoms with Gasteiger partial charge in [-0.3, -0.25) is 9.83 Å². The van der Waals surface area contributed by atoms with Gasteiger partial charge in [-0.25, -0.2) is 0 Å². The lowest BCUT2D eigenvalue weighted by Gasteiger charge is -2.12. The number of rotatable bonds is 2. The van der Waals surface area contributed by atoms with E-state index >= 15 is 0 Å². The van der Waals surface area contributed by atoms with E-state index in [9.17, 15) is 0 Å². The summed E-state index contributed by atoms with van der Waals surface area (Å²) < 4.78 is 1.16. The second-order valence-corrected chi connectivity index (χ2v) is 2.80. The first kappa shape index (κ1) is 8.87. The molecule has 4 heteroatoms. The van der Waals surface area contributed by atoms with E-state index < -0.39 is 0 Å². The third-order valence-corrected chi connectivity index (χ3v) is 1.73. The van der Waals surface area contributed by atoms with Crippen LogP contribution in [0.25, 0.3) is 0 Å². The molecule has 0 aliphatic rings. The number of nitrogens with one attached hydrogen (secondary N) is 1. The van der Waals surface area contributed by atoms with Crippen LogP contribution in [0.3, 0.4) is 0 Å². The second kappa shape index (κ2) is 3.97. The monoisotopic (exact) mass is 183 g/mol. The third kappa shape index (κ3) is 2.43. The van der Waals surface area contributed by atoms with Gasteiger partial charge in [0.05, 0.1) is 6.54 Å². The van der Waals surface area contributed by atoms with Crippen molar-refractivity contribution in [2.24, 2.45) is 5.73 Å². The quantitative estimate of drug-likeness (QED) is 0.415. The van der Waals surface area contributed by atoms with Crippen molar-refractivity contribution >= 4 is 17.7 Å². The molecule has 3 N–H and O–H groups in total. The molecular formula is C8H10ClN3. The maximum absolute atomic E-state index is 7.02. The SMILES string of the molecule is N=C(N)N(Cl)Cc1ccccc1. The third-order valence-electron chi connectivity index (χ3n) is 1.43. The molecule has 0 saturated carbocycles. The fourth-order valence-corrected chi connectivity index (χ4v) is 0.967. The summed E-state index contributed by atoms with van der Waals surface area (Å²) in [6, 6.07) is 9.62. The van der Waals surface area contributed by atoms with Crippen molar-refractivity contribution in [1.29, 1.82) is 5.41 Å². The van der Waals surface area contributed by atoms with Crippen molar-refractivity contribution in [3.05, 3.63) is 35.9 Å². The molecule has 0 saturated heterocycles. The molecule has 0 aliphatic carbocycles. The van der Waals surface area contributed by atoms with Crippen molar-refractivity contribution < 1.29 is 0 Å². The average Bonchev–Trinajstić information content (AvgIpc) is 2.06. The number of hydrogen-bond donors (Lipinski definition) is 2. The molecule has 0 radical (unpaired) electrons. The molecular weight excluding hydrogens is 174 g/mol. The van der Waals surface area contributed by atoms with Crippen LogP contribution >= 0.6 is 11.8 Å². The maximum atomic E-state index is 7.02. The highest BCUT2D eigenvalue weighted by Crippen LogP contribution is 2.05. The summed E-state index contributed by atoms with van der Waals surface area (Å²) in [5.41, 5.74) is 6.19. The Morgan fingerprint density at radius 1 is 1.42 bits per heavy atom. The molecule has 3 nitrogen and oxygen atoms in total. The summed E-state index contributed by atoms with van der Waals surface area (Å²) in [6.07, 6.45) is 0. The summed E-state index contributed by atoms with van der Waals surface area (Å²) >= 11 is 5.63. The number of benzene rings is 1. The molecule has 0 unspecified atom stereocenters. The fourth-order valence-electron chi connectivity index (χ4n) is 0.829. The molecule has 0 heterocycles. The van der Waals surface area contributed by atoms with Crippen molar-refractivity contribution in [1.82, 2.24) is 4.42 Å². The Labute approximate surface area is 76.4 Å². The number of guanidine groups is 1. The molecule has 0 spiro atoms. The Hall–Kier alpha value is -1.22. The van der Waals surface area contributed by atoms with Gasteiger partial charge in [0.15, 0.2) is 0 Å². The first-order chi connectivity index (χ1) is 5.70. The normalized spacial score (nSPS) is 9.42. The molecule has 1 aromatic rings. The standard InChI is InChI=1S/C8H10ClN3/c9-12(8(10)11)6-7-4-2-1-3-5-7/h1-5H,6H2,(H3,10,11). The molecule has 0 atom stereocenters. The summed E-state index contributed by atoms with van der Waals surface area (Å²) in [6.45, 7) is 0.456. The van der Waals surface area contributed by atoms with Crippen LogP contribution in [0.4, 0.5) is 0 Å². The Bertz CT molecular complexity index is 260. The van der Waals surface area contributed by atoms with Crippen LogP contribution < -0.4 is 5.73 Å². The minimum Gasteiger partial charge on any atom is -0.369 e. The van der Waals surface area contributed by atoms with Crippen LogP contribution in [0.5, 0.6) is 0 Å². The van der Waals surface area contributed by atoms with E-state index in [0.29, 0.717) is 6.54 Å². The van der Waals surface area contributed by atoms with Gasteiger partial charge >= 0.3 is 0 Å². The van der Waals surface area contributed by atoms with Gasteiger partial charge in [-0.05, 0) is 5.56 Å². The molecule has 0 bridgehead atoms. The molecule has 0 amide bonds. The Kier molecular flexibility index (Phi) is 2.94.